The first-order valence-electron chi connectivity index (χ1n) is 11.9. The SMILES string of the molecule is Cc1ccc(NC(=O)C2(c3ccccc3C(C)C)CN(C(=O)CCc3cc(=O)[nH]o3)C2)c(OC(F)F)n1. The summed E-state index contributed by atoms with van der Waals surface area (Å²) in [4.78, 5) is 43.5. The number of pyridine rings is 1. The fourth-order valence-corrected chi connectivity index (χ4v) is 4.53. The van der Waals surface area contributed by atoms with Gasteiger partial charge in [0.15, 0.2) is 0 Å². The molecule has 1 aliphatic heterocycles. The van der Waals surface area contributed by atoms with Gasteiger partial charge in [-0.1, -0.05) is 38.1 Å². The zero-order valence-corrected chi connectivity index (χ0v) is 20.7. The van der Waals surface area contributed by atoms with E-state index in [0.717, 1.165) is 11.1 Å². The van der Waals surface area contributed by atoms with Crippen molar-refractivity contribution in [2.75, 3.05) is 18.4 Å². The minimum absolute atomic E-state index is 0.0181. The summed E-state index contributed by atoms with van der Waals surface area (Å²) in [6.07, 6.45) is 0.331. The number of carbonyl (C=O) groups is 2. The molecule has 0 aliphatic carbocycles. The number of aromatic nitrogens is 2. The van der Waals surface area contributed by atoms with E-state index in [1.165, 1.54) is 12.1 Å². The Hall–Kier alpha value is -4.02. The molecule has 1 aromatic carbocycles. The number of amides is 2. The molecular weight excluding hydrogens is 486 g/mol. The third-order valence-electron chi connectivity index (χ3n) is 6.42. The molecule has 0 bridgehead atoms. The molecule has 0 unspecified atom stereocenters. The van der Waals surface area contributed by atoms with Crippen molar-refractivity contribution < 1.29 is 27.6 Å². The van der Waals surface area contributed by atoms with E-state index in [-0.39, 0.29) is 54.9 Å². The second-order valence-corrected chi connectivity index (χ2v) is 9.39. The molecule has 196 valence electrons. The normalized spacial score (nSPS) is 14.5. The number of aromatic amines is 1. The maximum atomic E-state index is 13.8. The zero-order chi connectivity index (χ0) is 26.7. The number of anilines is 1. The van der Waals surface area contributed by atoms with Gasteiger partial charge in [0.05, 0.1) is 0 Å². The molecule has 0 saturated carbocycles. The summed E-state index contributed by atoms with van der Waals surface area (Å²) in [7, 11) is 0. The van der Waals surface area contributed by atoms with Crippen LogP contribution in [0.4, 0.5) is 14.5 Å². The van der Waals surface area contributed by atoms with Gasteiger partial charge < -0.3 is 19.5 Å². The second kappa shape index (κ2) is 10.5. The number of alkyl halides is 2. The topological polar surface area (TPSA) is 118 Å². The molecule has 3 heterocycles. The lowest BCUT2D eigenvalue weighted by Crippen LogP contribution is -2.66. The molecular formula is C26H28F2N4O5. The molecule has 2 amide bonds. The molecule has 37 heavy (non-hydrogen) atoms. The van der Waals surface area contributed by atoms with Crippen LogP contribution in [0.2, 0.25) is 0 Å². The Morgan fingerprint density at radius 1 is 1.22 bits per heavy atom. The van der Waals surface area contributed by atoms with Gasteiger partial charge in [-0.05, 0) is 36.1 Å². The van der Waals surface area contributed by atoms with Gasteiger partial charge in [0.2, 0.25) is 17.7 Å². The predicted molar refractivity (Wildman–Crippen MR) is 131 cm³/mol. The number of carbonyl (C=O) groups excluding carboxylic acids is 2. The Bertz CT molecular complexity index is 1340. The van der Waals surface area contributed by atoms with Crippen molar-refractivity contribution in [1.29, 1.82) is 0 Å². The minimum Gasteiger partial charge on any atom is -0.415 e. The first-order chi connectivity index (χ1) is 17.6. The molecule has 3 aromatic rings. The fraction of sp³-hybridized carbons (Fsp3) is 0.385. The maximum Gasteiger partial charge on any atom is 0.388 e. The summed E-state index contributed by atoms with van der Waals surface area (Å²) in [6, 6.07) is 11.8. The Morgan fingerprint density at radius 3 is 2.59 bits per heavy atom. The molecule has 1 aliphatic rings. The lowest BCUT2D eigenvalue weighted by Gasteiger charge is -2.50. The Kier molecular flexibility index (Phi) is 7.42. The van der Waals surface area contributed by atoms with E-state index in [1.807, 2.05) is 38.1 Å². The number of benzene rings is 1. The maximum absolute atomic E-state index is 13.8. The fourth-order valence-electron chi connectivity index (χ4n) is 4.53. The van der Waals surface area contributed by atoms with Crippen molar-refractivity contribution in [2.24, 2.45) is 0 Å². The lowest BCUT2D eigenvalue weighted by atomic mass is 9.69. The molecule has 2 N–H and O–H groups in total. The summed E-state index contributed by atoms with van der Waals surface area (Å²) in [5.74, 6) is -0.567. The summed E-state index contributed by atoms with van der Waals surface area (Å²) < 4.78 is 35.5. The highest BCUT2D eigenvalue weighted by molar-refractivity contribution is 6.02. The van der Waals surface area contributed by atoms with Crippen molar-refractivity contribution in [2.45, 2.75) is 51.6 Å². The molecule has 0 spiro atoms. The van der Waals surface area contributed by atoms with E-state index in [9.17, 15) is 23.2 Å². The second-order valence-electron chi connectivity index (χ2n) is 9.39. The van der Waals surface area contributed by atoms with Crippen LogP contribution in [0.25, 0.3) is 0 Å². The molecule has 9 nitrogen and oxygen atoms in total. The standard InChI is InChI=1S/C26H28F2N4O5/c1-15(2)18-6-4-5-7-19(18)26(13-32(14-26)22(34)11-9-17-12-21(33)31-37-17)24(35)30-20-10-8-16(3)29-23(20)36-25(27)28/h4-8,10,12,15,25H,9,11,13-14H2,1-3H3,(H,30,35)(H,31,33). The van der Waals surface area contributed by atoms with E-state index in [4.69, 9.17) is 4.52 Å². The molecule has 2 aromatic heterocycles. The van der Waals surface area contributed by atoms with Gasteiger partial charge in [-0.3, -0.25) is 14.4 Å². The number of hydrogen-bond acceptors (Lipinski definition) is 6. The quantitative estimate of drug-likeness (QED) is 0.449. The van der Waals surface area contributed by atoms with Crippen LogP contribution in [-0.2, 0) is 21.4 Å². The summed E-state index contributed by atoms with van der Waals surface area (Å²) in [5, 5.41) is 4.91. The van der Waals surface area contributed by atoms with E-state index in [2.05, 4.69) is 20.2 Å². The van der Waals surface area contributed by atoms with Crippen LogP contribution in [0.1, 0.15) is 48.8 Å². The average Bonchev–Trinajstić information content (AvgIpc) is 3.23. The van der Waals surface area contributed by atoms with Crippen molar-refractivity contribution in [3.8, 4) is 5.88 Å². The van der Waals surface area contributed by atoms with E-state index in [0.29, 0.717) is 11.5 Å². The molecule has 0 atom stereocenters. The molecule has 11 heteroatoms. The third kappa shape index (κ3) is 5.55. The molecule has 0 radical (unpaired) electrons. The Labute approximate surface area is 211 Å². The lowest BCUT2D eigenvalue weighted by molar-refractivity contribution is -0.144. The van der Waals surface area contributed by atoms with E-state index in [1.54, 1.807) is 17.9 Å². The first-order valence-corrected chi connectivity index (χ1v) is 11.9. The number of ether oxygens (including phenoxy) is 1. The highest BCUT2D eigenvalue weighted by Crippen LogP contribution is 2.41. The largest absolute Gasteiger partial charge is 0.415 e. The van der Waals surface area contributed by atoms with Crippen LogP contribution in [0.15, 0.2) is 51.8 Å². The van der Waals surface area contributed by atoms with Crippen LogP contribution in [0.5, 0.6) is 5.88 Å². The number of H-pyrrole nitrogens is 1. The average molecular weight is 515 g/mol. The van der Waals surface area contributed by atoms with Crippen molar-refractivity contribution in [3.05, 3.63) is 75.4 Å². The summed E-state index contributed by atoms with van der Waals surface area (Å²) in [6.45, 7) is 2.73. The van der Waals surface area contributed by atoms with Crippen LogP contribution in [0.3, 0.4) is 0 Å². The zero-order valence-electron chi connectivity index (χ0n) is 20.7. The van der Waals surface area contributed by atoms with Crippen molar-refractivity contribution in [1.82, 2.24) is 15.0 Å². The molecule has 4 rings (SSSR count). The Balaban J connectivity index is 1.60. The monoisotopic (exact) mass is 514 g/mol. The molecule has 1 fully saturated rings. The number of likely N-dealkylation sites (tertiary alicyclic amines) is 1. The van der Waals surface area contributed by atoms with Gasteiger partial charge in [0, 0.05) is 37.7 Å². The number of rotatable bonds is 9. The highest BCUT2D eigenvalue weighted by atomic mass is 19.3. The third-order valence-corrected chi connectivity index (χ3v) is 6.42. The first kappa shape index (κ1) is 26.1. The summed E-state index contributed by atoms with van der Waals surface area (Å²) in [5.41, 5.74) is 0.693. The van der Waals surface area contributed by atoms with Crippen LogP contribution in [0, 0.1) is 6.92 Å². The van der Waals surface area contributed by atoms with Gasteiger partial charge in [-0.2, -0.15) is 13.9 Å². The summed E-state index contributed by atoms with van der Waals surface area (Å²) >= 11 is 0. The molecule has 1 saturated heterocycles. The smallest absolute Gasteiger partial charge is 0.388 e. The van der Waals surface area contributed by atoms with Gasteiger partial charge in [0.1, 0.15) is 16.9 Å². The highest BCUT2D eigenvalue weighted by Gasteiger charge is 2.53. The van der Waals surface area contributed by atoms with Gasteiger partial charge in [0.25, 0.3) is 5.56 Å². The van der Waals surface area contributed by atoms with Crippen LogP contribution >= 0.6 is 0 Å². The van der Waals surface area contributed by atoms with Crippen LogP contribution < -0.4 is 15.6 Å². The van der Waals surface area contributed by atoms with Crippen LogP contribution in [-0.4, -0.2) is 46.6 Å². The van der Waals surface area contributed by atoms with Gasteiger partial charge >= 0.3 is 6.61 Å². The Morgan fingerprint density at radius 2 is 1.95 bits per heavy atom. The van der Waals surface area contributed by atoms with Crippen molar-refractivity contribution in [3.63, 3.8) is 0 Å². The number of halogens is 2. The number of hydrogen-bond donors (Lipinski definition) is 2. The predicted octanol–water partition coefficient (Wildman–Crippen LogP) is 3.75. The van der Waals surface area contributed by atoms with Gasteiger partial charge in [-0.15, -0.1) is 0 Å². The number of aryl methyl sites for hydroxylation is 2. The minimum atomic E-state index is -3.11. The van der Waals surface area contributed by atoms with E-state index < -0.39 is 17.9 Å². The van der Waals surface area contributed by atoms with Gasteiger partial charge in [-0.25, -0.2) is 4.98 Å². The van der Waals surface area contributed by atoms with E-state index >= 15 is 0 Å². The number of nitrogens with one attached hydrogen (secondary N) is 2. The number of nitrogens with zero attached hydrogens (tertiary/aromatic N) is 2. The van der Waals surface area contributed by atoms with Crippen molar-refractivity contribution >= 4 is 17.5 Å².